The van der Waals surface area contributed by atoms with E-state index in [1.807, 2.05) is 30.3 Å². The number of carbonyl (C=O) groups excluding carboxylic acids is 2. The Morgan fingerprint density at radius 3 is 2.62 bits per heavy atom. The zero-order valence-electron chi connectivity index (χ0n) is 14.5. The Labute approximate surface area is 157 Å². The minimum Gasteiger partial charge on any atom is -0.338 e. The Morgan fingerprint density at radius 2 is 1.88 bits per heavy atom. The van der Waals surface area contributed by atoms with Gasteiger partial charge in [-0.2, -0.15) is 0 Å². The highest BCUT2D eigenvalue weighted by atomic mass is 35.5. The summed E-state index contributed by atoms with van der Waals surface area (Å²) in [6, 6.07) is 14.1. The van der Waals surface area contributed by atoms with Gasteiger partial charge in [0.2, 0.25) is 0 Å². The van der Waals surface area contributed by atoms with Crippen LogP contribution in [0, 0.1) is 11.7 Å². The fraction of sp³-hybridized carbons (Fsp3) is 0.333. The molecule has 26 heavy (non-hydrogen) atoms. The van der Waals surface area contributed by atoms with Crippen molar-refractivity contribution in [2.75, 3.05) is 13.1 Å². The predicted octanol–water partition coefficient (Wildman–Crippen LogP) is 4.53. The zero-order chi connectivity index (χ0) is 18.5. The number of Topliss-reactive ketones (excluding diaryl/α,β-unsaturated/α-hetero) is 1. The lowest BCUT2D eigenvalue weighted by molar-refractivity contribution is -0.124. The molecule has 0 radical (unpaired) electrons. The summed E-state index contributed by atoms with van der Waals surface area (Å²) in [4.78, 5) is 26.8. The van der Waals surface area contributed by atoms with E-state index in [0.717, 1.165) is 18.4 Å². The van der Waals surface area contributed by atoms with Crippen LogP contribution in [0.5, 0.6) is 0 Å². The van der Waals surface area contributed by atoms with Crippen molar-refractivity contribution in [3.05, 3.63) is 70.5 Å². The van der Waals surface area contributed by atoms with E-state index in [-0.39, 0.29) is 22.3 Å². The molecule has 1 heterocycles. The number of rotatable bonds is 5. The standard InChI is InChI=1S/C21H21ClFNO2/c22-17-9-4-10-18(23)20(17)21(26)24-13-5-8-16(14-24)19(25)12-11-15-6-2-1-3-7-15/h1-4,6-7,9-10,16H,5,8,11-14H2. The van der Waals surface area contributed by atoms with E-state index in [2.05, 4.69) is 0 Å². The minimum atomic E-state index is -0.625. The second-order valence-corrected chi connectivity index (χ2v) is 7.05. The average molecular weight is 374 g/mol. The van der Waals surface area contributed by atoms with Gasteiger partial charge in [-0.3, -0.25) is 9.59 Å². The van der Waals surface area contributed by atoms with Gasteiger partial charge in [0.15, 0.2) is 0 Å². The summed E-state index contributed by atoms with van der Waals surface area (Å²) in [5, 5.41) is 0.104. The monoisotopic (exact) mass is 373 g/mol. The fourth-order valence-electron chi connectivity index (χ4n) is 3.40. The van der Waals surface area contributed by atoms with Gasteiger partial charge in [-0.1, -0.05) is 48.0 Å². The molecule has 1 unspecified atom stereocenters. The molecule has 2 aromatic rings. The SMILES string of the molecule is O=C(CCc1ccccc1)C1CCCN(C(=O)c2c(F)cccc2Cl)C1. The molecular formula is C21H21ClFNO2. The molecular weight excluding hydrogens is 353 g/mol. The molecule has 0 bridgehead atoms. The van der Waals surface area contributed by atoms with E-state index in [9.17, 15) is 14.0 Å². The van der Waals surface area contributed by atoms with E-state index in [1.165, 1.54) is 18.2 Å². The van der Waals surface area contributed by atoms with Crippen LogP contribution < -0.4 is 0 Å². The van der Waals surface area contributed by atoms with E-state index in [0.29, 0.717) is 25.9 Å². The maximum atomic E-state index is 14.0. The van der Waals surface area contributed by atoms with E-state index >= 15 is 0 Å². The lowest BCUT2D eigenvalue weighted by Crippen LogP contribution is -2.42. The summed E-state index contributed by atoms with van der Waals surface area (Å²) in [5.74, 6) is -1.10. The van der Waals surface area contributed by atoms with Crippen molar-refractivity contribution < 1.29 is 14.0 Å². The largest absolute Gasteiger partial charge is 0.338 e. The minimum absolute atomic E-state index is 0.104. The number of amides is 1. The number of nitrogens with zero attached hydrogens (tertiary/aromatic N) is 1. The van der Waals surface area contributed by atoms with E-state index in [1.54, 1.807) is 4.90 Å². The molecule has 1 fully saturated rings. The predicted molar refractivity (Wildman–Crippen MR) is 99.8 cm³/mol. The van der Waals surface area contributed by atoms with Gasteiger partial charge in [-0.25, -0.2) is 4.39 Å². The number of hydrogen-bond acceptors (Lipinski definition) is 2. The van der Waals surface area contributed by atoms with Gasteiger partial charge in [-0.05, 0) is 37.0 Å². The molecule has 1 amide bonds. The summed E-state index contributed by atoms with van der Waals surface area (Å²) in [7, 11) is 0. The van der Waals surface area contributed by atoms with Crippen LogP contribution in [-0.2, 0) is 11.2 Å². The van der Waals surface area contributed by atoms with Gasteiger partial charge >= 0.3 is 0 Å². The Kier molecular flexibility index (Phi) is 6.04. The molecule has 1 aliphatic rings. The summed E-state index contributed by atoms with van der Waals surface area (Å²) < 4.78 is 14.0. The third kappa shape index (κ3) is 4.31. The van der Waals surface area contributed by atoms with Crippen LogP contribution in [0.4, 0.5) is 4.39 Å². The van der Waals surface area contributed by atoms with Crippen LogP contribution in [0.25, 0.3) is 0 Å². The van der Waals surface area contributed by atoms with Gasteiger partial charge in [0.25, 0.3) is 5.91 Å². The van der Waals surface area contributed by atoms with Crippen molar-refractivity contribution in [1.29, 1.82) is 0 Å². The van der Waals surface area contributed by atoms with Crippen LogP contribution in [0.2, 0.25) is 5.02 Å². The first kappa shape index (κ1) is 18.6. The van der Waals surface area contributed by atoms with Crippen LogP contribution in [0.15, 0.2) is 48.5 Å². The third-order valence-corrected chi connectivity index (χ3v) is 5.16. The number of benzene rings is 2. The highest BCUT2D eigenvalue weighted by Gasteiger charge is 2.30. The molecule has 0 aliphatic carbocycles. The molecule has 0 N–H and O–H groups in total. The maximum absolute atomic E-state index is 14.0. The molecule has 1 saturated heterocycles. The molecule has 1 atom stereocenters. The number of likely N-dealkylation sites (tertiary alicyclic amines) is 1. The quantitative estimate of drug-likeness (QED) is 0.772. The third-order valence-electron chi connectivity index (χ3n) is 4.84. The van der Waals surface area contributed by atoms with Gasteiger partial charge in [0.1, 0.15) is 11.6 Å². The van der Waals surface area contributed by atoms with E-state index in [4.69, 9.17) is 11.6 Å². The second-order valence-electron chi connectivity index (χ2n) is 6.64. The number of ketones is 1. The highest BCUT2D eigenvalue weighted by molar-refractivity contribution is 6.33. The molecule has 136 valence electrons. The molecule has 2 aromatic carbocycles. The molecule has 0 spiro atoms. The fourth-order valence-corrected chi connectivity index (χ4v) is 3.64. The summed E-state index contributed by atoms with van der Waals surface area (Å²) in [6.07, 6.45) is 2.66. The summed E-state index contributed by atoms with van der Waals surface area (Å²) in [5.41, 5.74) is 1.02. The number of halogens is 2. The van der Waals surface area contributed by atoms with Crippen molar-refractivity contribution in [3.63, 3.8) is 0 Å². The number of aryl methyl sites for hydroxylation is 1. The summed E-state index contributed by atoms with van der Waals surface area (Å²) in [6.45, 7) is 0.850. The molecule has 3 nitrogen and oxygen atoms in total. The lowest BCUT2D eigenvalue weighted by Gasteiger charge is -2.32. The Hall–Kier alpha value is -2.20. The lowest BCUT2D eigenvalue weighted by atomic mass is 9.90. The van der Waals surface area contributed by atoms with Crippen molar-refractivity contribution >= 4 is 23.3 Å². The van der Waals surface area contributed by atoms with Crippen molar-refractivity contribution in [3.8, 4) is 0 Å². The van der Waals surface area contributed by atoms with Gasteiger partial charge in [0, 0.05) is 25.4 Å². The first-order chi connectivity index (χ1) is 12.6. The Morgan fingerprint density at radius 1 is 1.12 bits per heavy atom. The highest BCUT2D eigenvalue weighted by Crippen LogP contribution is 2.25. The molecule has 0 saturated carbocycles. The topological polar surface area (TPSA) is 37.4 Å². The van der Waals surface area contributed by atoms with Gasteiger partial charge in [-0.15, -0.1) is 0 Å². The zero-order valence-corrected chi connectivity index (χ0v) is 15.2. The molecule has 0 aromatic heterocycles. The van der Waals surface area contributed by atoms with Crippen LogP contribution >= 0.6 is 11.6 Å². The Balaban J connectivity index is 1.63. The Bertz CT molecular complexity index is 774. The molecule has 3 rings (SSSR count). The van der Waals surface area contributed by atoms with Crippen LogP contribution in [0.1, 0.15) is 35.2 Å². The average Bonchev–Trinajstić information content (AvgIpc) is 2.67. The molecule has 5 heteroatoms. The number of hydrogen-bond donors (Lipinski definition) is 0. The van der Waals surface area contributed by atoms with Crippen molar-refractivity contribution in [2.24, 2.45) is 5.92 Å². The number of piperidine rings is 1. The maximum Gasteiger partial charge on any atom is 0.258 e. The normalized spacial score (nSPS) is 17.2. The van der Waals surface area contributed by atoms with Crippen LogP contribution in [-0.4, -0.2) is 29.7 Å². The first-order valence-corrected chi connectivity index (χ1v) is 9.24. The van der Waals surface area contributed by atoms with Gasteiger partial charge in [0.05, 0.1) is 10.6 Å². The second kappa shape index (κ2) is 8.45. The van der Waals surface area contributed by atoms with Crippen molar-refractivity contribution in [1.82, 2.24) is 4.90 Å². The van der Waals surface area contributed by atoms with Crippen molar-refractivity contribution in [2.45, 2.75) is 25.7 Å². The molecule has 1 aliphatic heterocycles. The van der Waals surface area contributed by atoms with Crippen LogP contribution in [0.3, 0.4) is 0 Å². The van der Waals surface area contributed by atoms with E-state index < -0.39 is 11.7 Å². The van der Waals surface area contributed by atoms with Gasteiger partial charge < -0.3 is 4.90 Å². The summed E-state index contributed by atoms with van der Waals surface area (Å²) >= 11 is 6.01. The number of carbonyl (C=O) groups is 2. The smallest absolute Gasteiger partial charge is 0.258 e. The first-order valence-electron chi connectivity index (χ1n) is 8.86.